The van der Waals surface area contributed by atoms with Gasteiger partial charge in [0, 0.05) is 27.9 Å². The quantitative estimate of drug-likeness (QED) is 0.410. The molecule has 0 unspecified atom stereocenters. The van der Waals surface area contributed by atoms with Gasteiger partial charge in [0.1, 0.15) is 5.65 Å². The number of aromatic nitrogens is 2. The van der Waals surface area contributed by atoms with Crippen molar-refractivity contribution in [3.8, 4) is 0 Å². The summed E-state index contributed by atoms with van der Waals surface area (Å²) in [5.41, 5.74) is 2.52. The van der Waals surface area contributed by atoms with Gasteiger partial charge in [0.15, 0.2) is 0 Å². The van der Waals surface area contributed by atoms with E-state index in [4.69, 9.17) is 11.6 Å². The third-order valence-electron chi connectivity index (χ3n) is 4.51. The fourth-order valence-corrected chi connectivity index (χ4v) is 5.14. The summed E-state index contributed by atoms with van der Waals surface area (Å²) in [5.74, 6) is 0.416. The zero-order valence-electron chi connectivity index (χ0n) is 16.4. The Balaban J connectivity index is 1.58. The average molecular weight is 472 g/mol. The van der Waals surface area contributed by atoms with E-state index < -0.39 is 10.0 Å². The molecular weight excluding hydrogens is 454 g/mol. The van der Waals surface area contributed by atoms with Crippen molar-refractivity contribution in [1.29, 1.82) is 0 Å². The molecule has 6 nitrogen and oxygen atoms in total. The highest BCUT2D eigenvalue weighted by Crippen LogP contribution is 2.31. The van der Waals surface area contributed by atoms with Gasteiger partial charge in [-0.2, -0.15) is 0 Å². The smallest absolute Gasteiger partial charge is 0.261 e. The Bertz CT molecular complexity index is 1420. The fourth-order valence-electron chi connectivity index (χ4n) is 2.97. The van der Waals surface area contributed by atoms with E-state index in [9.17, 15) is 13.2 Å². The second-order valence-electron chi connectivity index (χ2n) is 6.86. The molecule has 9 heteroatoms. The monoisotopic (exact) mass is 471 g/mol. The van der Waals surface area contributed by atoms with Crippen molar-refractivity contribution in [1.82, 2.24) is 9.38 Å². The molecule has 0 spiro atoms. The Hall–Kier alpha value is -2.81. The highest BCUT2D eigenvalue weighted by Gasteiger charge is 2.16. The van der Waals surface area contributed by atoms with Crippen LogP contribution in [0.5, 0.6) is 0 Å². The van der Waals surface area contributed by atoms with Gasteiger partial charge in [-0.1, -0.05) is 23.7 Å². The van der Waals surface area contributed by atoms with Crippen LogP contribution in [0, 0.1) is 6.92 Å². The Morgan fingerprint density at radius 1 is 1.06 bits per heavy atom. The molecule has 0 fully saturated rings. The average Bonchev–Trinajstić information content (AvgIpc) is 2.73. The molecule has 0 atom stereocenters. The van der Waals surface area contributed by atoms with E-state index in [2.05, 4.69) is 9.71 Å². The summed E-state index contributed by atoms with van der Waals surface area (Å²) in [5, 5.41) is 0.462. The second kappa shape index (κ2) is 8.74. The molecule has 2 aromatic heterocycles. The molecule has 0 amide bonds. The summed E-state index contributed by atoms with van der Waals surface area (Å²) in [6.45, 7) is 1.94. The van der Waals surface area contributed by atoms with E-state index in [-0.39, 0.29) is 10.5 Å². The lowest BCUT2D eigenvalue weighted by atomic mass is 10.3. The molecule has 0 aliphatic carbocycles. The molecule has 0 aliphatic rings. The van der Waals surface area contributed by atoms with Crippen molar-refractivity contribution in [3.05, 3.63) is 99.6 Å². The third kappa shape index (κ3) is 4.92. The summed E-state index contributed by atoms with van der Waals surface area (Å²) in [6.07, 6.45) is 1.71. The van der Waals surface area contributed by atoms with E-state index in [1.165, 1.54) is 46.5 Å². The van der Waals surface area contributed by atoms with E-state index >= 15 is 0 Å². The van der Waals surface area contributed by atoms with Gasteiger partial charge in [-0.05, 0) is 61.0 Å². The van der Waals surface area contributed by atoms with Crippen LogP contribution in [-0.2, 0) is 15.8 Å². The number of benzene rings is 2. The second-order valence-corrected chi connectivity index (χ2v) is 10.00. The number of sulfonamides is 1. The number of para-hydroxylation sites is 1. The number of hydrogen-bond acceptors (Lipinski definition) is 5. The van der Waals surface area contributed by atoms with E-state index in [0.29, 0.717) is 27.8 Å². The van der Waals surface area contributed by atoms with Crippen LogP contribution >= 0.6 is 23.4 Å². The maximum atomic E-state index is 12.7. The fraction of sp³-hybridized carbons (Fsp3) is 0.0909. The highest BCUT2D eigenvalue weighted by atomic mass is 35.5. The molecule has 31 heavy (non-hydrogen) atoms. The summed E-state index contributed by atoms with van der Waals surface area (Å²) in [4.78, 5) is 17.8. The van der Waals surface area contributed by atoms with Crippen LogP contribution in [0.4, 0.5) is 5.69 Å². The van der Waals surface area contributed by atoms with Crippen LogP contribution in [0.3, 0.4) is 0 Å². The number of thioether (sulfide) groups is 1. The SMILES string of the molecule is Cc1ccn2c(=O)cc(CSc3ccccc3NS(=O)(=O)c3ccc(Cl)cc3)nc2c1. The van der Waals surface area contributed by atoms with Gasteiger partial charge in [-0.3, -0.25) is 13.9 Å². The maximum Gasteiger partial charge on any atom is 0.261 e. The normalized spacial score (nSPS) is 11.5. The number of aryl methyl sites for hydroxylation is 1. The Labute approximate surface area is 189 Å². The molecule has 0 saturated heterocycles. The van der Waals surface area contributed by atoms with Gasteiger partial charge in [-0.15, -0.1) is 11.8 Å². The largest absolute Gasteiger partial charge is 0.278 e. The topological polar surface area (TPSA) is 80.5 Å². The van der Waals surface area contributed by atoms with Gasteiger partial charge in [0.25, 0.3) is 15.6 Å². The Morgan fingerprint density at radius 3 is 2.58 bits per heavy atom. The predicted octanol–water partition coefficient (Wildman–Crippen LogP) is 4.75. The van der Waals surface area contributed by atoms with Crippen LogP contribution in [0.1, 0.15) is 11.3 Å². The first-order chi connectivity index (χ1) is 14.8. The molecule has 158 valence electrons. The molecule has 0 aliphatic heterocycles. The molecule has 0 radical (unpaired) electrons. The van der Waals surface area contributed by atoms with Gasteiger partial charge in [-0.25, -0.2) is 13.4 Å². The molecule has 4 rings (SSSR count). The number of anilines is 1. The Morgan fingerprint density at radius 2 is 1.81 bits per heavy atom. The molecule has 0 saturated carbocycles. The first kappa shape index (κ1) is 21.4. The first-order valence-electron chi connectivity index (χ1n) is 9.31. The third-order valence-corrected chi connectivity index (χ3v) is 7.25. The van der Waals surface area contributed by atoms with Crippen LogP contribution in [0.2, 0.25) is 5.02 Å². The van der Waals surface area contributed by atoms with Crippen molar-refractivity contribution in [3.63, 3.8) is 0 Å². The zero-order chi connectivity index (χ0) is 22.0. The maximum absolute atomic E-state index is 12.7. The van der Waals surface area contributed by atoms with Crippen LogP contribution in [0.25, 0.3) is 5.65 Å². The minimum absolute atomic E-state index is 0.122. The van der Waals surface area contributed by atoms with Crippen molar-refractivity contribution >= 4 is 44.7 Å². The van der Waals surface area contributed by atoms with E-state index in [1.807, 2.05) is 31.2 Å². The van der Waals surface area contributed by atoms with E-state index in [0.717, 1.165) is 10.5 Å². The van der Waals surface area contributed by atoms with Gasteiger partial charge >= 0.3 is 0 Å². The predicted molar refractivity (Wildman–Crippen MR) is 124 cm³/mol. The standard InChI is InChI=1S/C22H18ClN3O3S2/c1-15-10-11-26-21(12-15)24-17(13-22(26)27)14-30-20-5-3-2-4-19(20)25-31(28,29)18-8-6-16(23)7-9-18/h2-13,25H,14H2,1H3. The molecule has 0 bridgehead atoms. The van der Waals surface area contributed by atoms with Gasteiger partial charge in [0.2, 0.25) is 0 Å². The number of halogens is 1. The minimum Gasteiger partial charge on any atom is -0.278 e. The van der Waals surface area contributed by atoms with Crippen molar-refractivity contribution in [2.75, 3.05) is 4.72 Å². The van der Waals surface area contributed by atoms with Gasteiger partial charge < -0.3 is 0 Å². The van der Waals surface area contributed by atoms with Crippen LogP contribution < -0.4 is 10.3 Å². The lowest BCUT2D eigenvalue weighted by molar-refractivity contribution is 0.601. The van der Waals surface area contributed by atoms with Crippen molar-refractivity contribution in [2.45, 2.75) is 22.5 Å². The minimum atomic E-state index is -3.77. The molecular formula is C22H18ClN3O3S2. The lowest BCUT2D eigenvalue weighted by Crippen LogP contribution is -2.15. The highest BCUT2D eigenvalue weighted by molar-refractivity contribution is 7.98. The number of rotatable bonds is 6. The first-order valence-corrected chi connectivity index (χ1v) is 12.2. The molecule has 4 aromatic rings. The summed E-state index contributed by atoms with van der Waals surface area (Å²) < 4.78 is 29.6. The zero-order valence-corrected chi connectivity index (χ0v) is 18.8. The van der Waals surface area contributed by atoms with Crippen LogP contribution in [-0.4, -0.2) is 17.8 Å². The Kier molecular flexibility index (Phi) is 6.04. The van der Waals surface area contributed by atoms with E-state index in [1.54, 1.807) is 18.3 Å². The summed E-state index contributed by atoms with van der Waals surface area (Å²) in [7, 11) is -3.77. The lowest BCUT2D eigenvalue weighted by Gasteiger charge is -2.12. The summed E-state index contributed by atoms with van der Waals surface area (Å²) >= 11 is 7.26. The van der Waals surface area contributed by atoms with Crippen LogP contribution in [0.15, 0.2) is 87.5 Å². The number of pyridine rings is 1. The molecule has 1 N–H and O–H groups in total. The molecule has 2 aromatic carbocycles. The van der Waals surface area contributed by atoms with Crippen molar-refractivity contribution < 1.29 is 8.42 Å². The number of nitrogens with zero attached hydrogens (tertiary/aromatic N) is 2. The summed E-state index contributed by atoms with van der Waals surface area (Å²) in [6, 6.07) is 18.3. The van der Waals surface area contributed by atoms with Crippen molar-refractivity contribution in [2.24, 2.45) is 0 Å². The number of nitrogens with one attached hydrogen (secondary N) is 1. The number of hydrogen-bond donors (Lipinski definition) is 1. The van der Waals surface area contributed by atoms with Gasteiger partial charge in [0.05, 0.1) is 16.3 Å². The number of fused-ring (bicyclic) bond motifs is 1. The molecule has 2 heterocycles.